The fourth-order valence-corrected chi connectivity index (χ4v) is 1.19. The van der Waals surface area contributed by atoms with E-state index in [0.29, 0.717) is 11.3 Å². The molecule has 0 radical (unpaired) electrons. The molecule has 13 heavy (non-hydrogen) atoms. The van der Waals surface area contributed by atoms with Gasteiger partial charge in [0.1, 0.15) is 17.4 Å². The monoisotopic (exact) mass is 174 g/mol. The Labute approximate surface area is 77.5 Å². The Bertz CT molecular complexity index is 375. The highest BCUT2D eigenvalue weighted by Gasteiger charge is 2.34. The van der Waals surface area contributed by atoms with Crippen LogP contribution in [0.15, 0.2) is 23.0 Å². The van der Waals surface area contributed by atoms with E-state index in [0.717, 1.165) is 5.57 Å². The van der Waals surface area contributed by atoms with Gasteiger partial charge in [-0.2, -0.15) is 10.5 Å². The molecule has 3 nitrogen and oxygen atoms in total. The van der Waals surface area contributed by atoms with Crippen LogP contribution < -0.4 is 0 Å². The molecule has 0 aromatic heterocycles. The molecular weight excluding hydrogens is 164 g/mol. The number of ether oxygens (including phenoxy) is 1. The lowest BCUT2D eigenvalue weighted by Crippen LogP contribution is -2.19. The molecule has 0 unspecified atom stereocenters. The SMILES string of the molecule is CC1=C(C#N)C(=CC#N)OC1(C)C. The van der Waals surface area contributed by atoms with Gasteiger partial charge < -0.3 is 4.74 Å². The molecule has 3 heteroatoms. The quantitative estimate of drug-likeness (QED) is 0.528. The van der Waals surface area contributed by atoms with Crippen molar-refractivity contribution in [1.29, 1.82) is 10.5 Å². The first-order valence-electron chi connectivity index (χ1n) is 3.93. The fourth-order valence-electron chi connectivity index (χ4n) is 1.19. The fraction of sp³-hybridized carbons (Fsp3) is 0.400. The number of hydrogen-bond acceptors (Lipinski definition) is 3. The third kappa shape index (κ3) is 1.41. The topological polar surface area (TPSA) is 56.8 Å². The lowest BCUT2D eigenvalue weighted by molar-refractivity contribution is 0.0937. The maximum absolute atomic E-state index is 8.83. The average molecular weight is 174 g/mol. The first kappa shape index (κ1) is 9.35. The van der Waals surface area contributed by atoms with Gasteiger partial charge in [-0.15, -0.1) is 0 Å². The molecular formula is C10H10N2O. The third-order valence-electron chi connectivity index (χ3n) is 2.20. The van der Waals surface area contributed by atoms with Crippen molar-refractivity contribution in [2.24, 2.45) is 0 Å². The van der Waals surface area contributed by atoms with E-state index in [1.807, 2.05) is 32.9 Å². The molecule has 0 N–H and O–H groups in total. The van der Waals surface area contributed by atoms with Gasteiger partial charge in [0.05, 0.1) is 17.7 Å². The van der Waals surface area contributed by atoms with Crippen molar-refractivity contribution in [3.63, 3.8) is 0 Å². The number of rotatable bonds is 0. The van der Waals surface area contributed by atoms with Gasteiger partial charge in [-0.3, -0.25) is 0 Å². The van der Waals surface area contributed by atoms with Gasteiger partial charge in [-0.05, 0) is 26.3 Å². The predicted molar refractivity (Wildman–Crippen MR) is 47.2 cm³/mol. The molecule has 0 bridgehead atoms. The van der Waals surface area contributed by atoms with Gasteiger partial charge in [0.2, 0.25) is 0 Å². The molecule has 0 aliphatic carbocycles. The molecule has 0 atom stereocenters. The zero-order chi connectivity index (χ0) is 10.1. The maximum Gasteiger partial charge on any atom is 0.148 e. The van der Waals surface area contributed by atoms with Crippen molar-refractivity contribution in [3.05, 3.63) is 23.0 Å². The second-order valence-corrected chi connectivity index (χ2v) is 3.36. The van der Waals surface area contributed by atoms with Crippen LogP contribution in [0.2, 0.25) is 0 Å². The zero-order valence-electron chi connectivity index (χ0n) is 7.88. The van der Waals surface area contributed by atoms with Crippen molar-refractivity contribution in [1.82, 2.24) is 0 Å². The van der Waals surface area contributed by atoms with Gasteiger partial charge in [0.25, 0.3) is 0 Å². The van der Waals surface area contributed by atoms with E-state index in [1.54, 1.807) is 0 Å². The molecule has 0 saturated heterocycles. The van der Waals surface area contributed by atoms with Crippen molar-refractivity contribution in [2.45, 2.75) is 26.4 Å². The highest BCUT2D eigenvalue weighted by Crippen LogP contribution is 2.37. The summed E-state index contributed by atoms with van der Waals surface area (Å²) in [5.41, 5.74) is 0.886. The van der Waals surface area contributed by atoms with Crippen LogP contribution >= 0.6 is 0 Å². The number of hydrogen-bond donors (Lipinski definition) is 0. The highest BCUT2D eigenvalue weighted by atomic mass is 16.5. The average Bonchev–Trinajstić information content (AvgIpc) is 2.24. The summed E-state index contributed by atoms with van der Waals surface area (Å²) in [5.74, 6) is 0.382. The van der Waals surface area contributed by atoms with Crippen LogP contribution in [-0.4, -0.2) is 5.60 Å². The number of allylic oxidation sites excluding steroid dienone is 2. The molecule has 0 amide bonds. The van der Waals surface area contributed by atoms with E-state index in [2.05, 4.69) is 0 Å². The Hall–Kier alpha value is -1.74. The van der Waals surface area contributed by atoms with Crippen molar-refractivity contribution < 1.29 is 4.74 Å². The zero-order valence-corrected chi connectivity index (χ0v) is 7.88. The lowest BCUT2D eigenvalue weighted by Gasteiger charge is -2.19. The summed E-state index contributed by atoms with van der Waals surface area (Å²) in [5, 5.41) is 17.3. The van der Waals surface area contributed by atoms with Gasteiger partial charge >= 0.3 is 0 Å². The Morgan fingerprint density at radius 3 is 2.46 bits per heavy atom. The second kappa shape index (κ2) is 2.95. The molecule has 0 fully saturated rings. The van der Waals surface area contributed by atoms with Gasteiger partial charge in [0.15, 0.2) is 0 Å². The minimum atomic E-state index is -0.465. The Morgan fingerprint density at radius 1 is 1.38 bits per heavy atom. The van der Waals surface area contributed by atoms with E-state index in [9.17, 15) is 0 Å². The van der Waals surface area contributed by atoms with Gasteiger partial charge in [-0.25, -0.2) is 0 Å². The molecule has 0 aromatic carbocycles. The smallest absolute Gasteiger partial charge is 0.148 e. The molecule has 1 rings (SSSR count). The molecule has 1 aliphatic heterocycles. The van der Waals surface area contributed by atoms with Gasteiger partial charge in [-0.1, -0.05) is 0 Å². The molecule has 0 spiro atoms. The van der Waals surface area contributed by atoms with Crippen LogP contribution in [0.25, 0.3) is 0 Å². The van der Waals surface area contributed by atoms with Crippen molar-refractivity contribution in [3.8, 4) is 12.1 Å². The van der Waals surface area contributed by atoms with Crippen molar-refractivity contribution >= 4 is 0 Å². The first-order chi connectivity index (χ1) is 6.03. The summed E-state index contributed by atoms with van der Waals surface area (Å²) in [6.45, 7) is 5.59. The van der Waals surface area contributed by atoms with Crippen molar-refractivity contribution in [2.75, 3.05) is 0 Å². The lowest BCUT2D eigenvalue weighted by atomic mass is 9.98. The summed E-state index contributed by atoms with van der Waals surface area (Å²) in [6.07, 6.45) is 1.26. The van der Waals surface area contributed by atoms with E-state index in [1.165, 1.54) is 6.08 Å². The summed E-state index contributed by atoms with van der Waals surface area (Å²) < 4.78 is 5.45. The van der Waals surface area contributed by atoms with Crippen LogP contribution in [0, 0.1) is 22.7 Å². The summed E-state index contributed by atoms with van der Waals surface area (Å²) in [6, 6.07) is 3.90. The van der Waals surface area contributed by atoms with Crippen LogP contribution in [0.3, 0.4) is 0 Å². The largest absolute Gasteiger partial charge is 0.481 e. The maximum atomic E-state index is 8.83. The Balaban J connectivity index is 3.24. The van der Waals surface area contributed by atoms with E-state index in [-0.39, 0.29) is 0 Å². The van der Waals surface area contributed by atoms with Crippen LogP contribution in [0.5, 0.6) is 0 Å². The number of nitrogens with zero attached hydrogens (tertiary/aromatic N) is 2. The molecule has 1 aliphatic rings. The summed E-state index contributed by atoms with van der Waals surface area (Å²) >= 11 is 0. The van der Waals surface area contributed by atoms with Crippen LogP contribution in [-0.2, 0) is 4.74 Å². The van der Waals surface area contributed by atoms with E-state index >= 15 is 0 Å². The molecule has 0 aromatic rings. The molecule has 66 valence electrons. The normalized spacial score (nSPS) is 22.4. The predicted octanol–water partition coefficient (Wildman–Crippen LogP) is 2.04. The Kier molecular flexibility index (Phi) is 2.12. The first-order valence-corrected chi connectivity index (χ1v) is 3.93. The third-order valence-corrected chi connectivity index (χ3v) is 2.20. The Morgan fingerprint density at radius 2 is 2.00 bits per heavy atom. The van der Waals surface area contributed by atoms with E-state index in [4.69, 9.17) is 15.3 Å². The molecule has 0 saturated carbocycles. The number of nitriles is 2. The minimum absolute atomic E-state index is 0.382. The minimum Gasteiger partial charge on any atom is -0.481 e. The van der Waals surface area contributed by atoms with Crippen LogP contribution in [0.4, 0.5) is 0 Å². The van der Waals surface area contributed by atoms with Crippen LogP contribution in [0.1, 0.15) is 20.8 Å². The van der Waals surface area contributed by atoms with E-state index < -0.39 is 5.60 Å². The summed E-state index contributed by atoms with van der Waals surface area (Å²) in [7, 11) is 0. The molecule has 1 heterocycles. The second-order valence-electron chi connectivity index (χ2n) is 3.36. The van der Waals surface area contributed by atoms with Gasteiger partial charge in [0, 0.05) is 0 Å². The standard InChI is InChI=1S/C10H10N2O/c1-7-8(6-12)9(4-5-11)13-10(7,2)3/h4H,1-3H3. The highest BCUT2D eigenvalue weighted by molar-refractivity contribution is 5.50. The summed E-state index contributed by atoms with van der Waals surface area (Å²) in [4.78, 5) is 0.